The number of sulfonamides is 1. The van der Waals surface area contributed by atoms with Crippen LogP contribution in [0.3, 0.4) is 0 Å². The second-order valence-corrected chi connectivity index (χ2v) is 11.8. The number of aromatic nitrogens is 2. The molecule has 2 fully saturated rings. The monoisotopic (exact) mass is 489 g/mol. The summed E-state index contributed by atoms with van der Waals surface area (Å²) in [5.74, 6) is 1.23. The van der Waals surface area contributed by atoms with Gasteiger partial charge in [0.25, 0.3) is 0 Å². The van der Waals surface area contributed by atoms with E-state index in [2.05, 4.69) is 16.4 Å². The van der Waals surface area contributed by atoms with Crippen molar-refractivity contribution < 1.29 is 13.2 Å². The molecule has 2 N–H and O–H groups in total. The van der Waals surface area contributed by atoms with E-state index in [-0.39, 0.29) is 12.5 Å². The predicted octanol–water partition coefficient (Wildman–Crippen LogP) is 3.49. The highest BCUT2D eigenvalue weighted by Crippen LogP contribution is 2.28. The molecule has 0 atom stereocenters. The van der Waals surface area contributed by atoms with Gasteiger partial charge in [0.1, 0.15) is 5.82 Å². The van der Waals surface area contributed by atoms with Gasteiger partial charge in [-0.1, -0.05) is 38.5 Å². The maximum Gasteiger partial charge on any atom is 0.243 e. The molecule has 0 unspecified atom stereocenters. The molecule has 4 rings (SSSR count). The normalized spacial score (nSPS) is 18.6. The van der Waals surface area contributed by atoms with Crippen LogP contribution in [0.5, 0.6) is 0 Å². The van der Waals surface area contributed by atoms with Crippen LogP contribution in [0.15, 0.2) is 23.1 Å². The largest absolute Gasteiger partial charge is 0.369 e. The number of amides is 1. The molecule has 1 aliphatic carbocycles. The lowest BCUT2D eigenvalue weighted by atomic mass is 9.87. The molecule has 0 bridgehead atoms. The fourth-order valence-electron chi connectivity index (χ4n) is 5.52. The lowest BCUT2D eigenvalue weighted by molar-refractivity contribution is -0.119. The number of hydrogen-bond donors (Lipinski definition) is 1. The Balaban J connectivity index is 1.55. The van der Waals surface area contributed by atoms with Crippen LogP contribution < -0.4 is 5.73 Å². The number of carbonyl (C=O) groups excluding carboxylic acids is 1. The number of hydrogen-bond acceptors (Lipinski definition) is 5. The molecule has 2 aromatic rings. The van der Waals surface area contributed by atoms with Crippen molar-refractivity contribution in [3.8, 4) is 0 Å². The second kappa shape index (κ2) is 11.2. The van der Waals surface area contributed by atoms with Crippen LogP contribution in [-0.2, 0) is 27.9 Å². The molecule has 2 aliphatic rings. The maximum absolute atomic E-state index is 13.2. The Labute approximate surface area is 203 Å². The molecule has 0 spiro atoms. The molecule has 1 amide bonds. The summed E-state index contributed by atoms with van der Waals surface area (Å²) < 4.78 is 30.0. The van der Waals surface area contributed by atoms with Gasteiger partial charge in [-0.15, -0.1) is 0 Å². The average molecular weight is 490 g/mol. The molecule has 34 heavy (non-hydrogen) atoms. The third kappa shape index (κ3) is 5.80. The first-order valence-corrected chi connectivity index (χ1v) is 14.3. The van der Waals surface area contributed by atoms with Crippen molar-refractivity contribution in [3.05, 3.63) is 24.0 Å². The Morgan fingerprint density at radius 2 is 1.82 bits per heavy atom. The van der Waals surface area contributed by atoms with E-state index >= 15 is 0 Å². The molecule has 0 radical (unpaired) electrons. The standard InChI is InChI=1S/C25H39N5O3S/c1-2-30-23-12-11-21(34(32,33)29-14-7-4-8-15-29)17-22(23)27-25(30)19-28(18-24(26)31)16-13-20-9-5-3-6-10-20/h11-12,17,20H,2-10,13-16,18-19H2,1H3,(H2,26,31). The minimum Gasteiger partial charge on any atom is -0.369 e. The minimum absolute atomic E-state index is 0.203. The molecule has 2 heterocycles. The average Bonchev–Trinajstić information content (AvgIpc) is 3.19. The van der Waals surface area contributed by atoms with Gasteiger partial charge in [0.2, 0.25) is 15.9 Å². The smallest absolute Gasteiger partial charge is 0.243 e. The van der Waals surface area contributed by atoms with Crippen LogP contribution in [0.4, 0.5) is 0 Å². The zero-order chi connectivity index (χ0) is 24.1. The van der Waals surface area contributed by atoms with Crippen LogP contribution >= 0.6 is 0 Å². The van der Waals surface area contributed by atoms with Crippen molar-refractivity contribution in [3.63, 3.8) is 0 Å². The van der Waals surface area contributed by atoms with Crippen molar-refractivity contribution >= 4 is 27.0 Å². The van der Waals surface area contributed by atoms with Crippen molar-refractivity contribution in [1.29, 1.82) is 0 Å². The number of primary amides is 1. The quantitative estimate of drug-likeness (QED) is 0.550. The number of carbonyl (C=O) groups is 1. The minimum atomic E-state index is -3.51. The highest BCUT2D eigenvalue weighted by atomic mass is 32.2. The van der Waals surface area contributed by atoms with Gasteiger partial charge in [-0.3, -0.25) is 9.69 Å². The fraction of sp³-hybridized carbons (Fsp3) is 0.680. The Bertz CT molecular complexity index is 1090. The second-order valence-electron chi connectivity index (χ2n) is 9.86. The Hall–Kier alpha value is -1.97. The van der Waals surface area contributed by atoms with Crippen LogP contribution in [0.25, 0.3) is 11.0 Å². The van der Waals surface area contributed by atoms with E-state index in [1.807, 2.05) is 6.07 Å². The number of nitrogens with zero attached hydrogens (tertiary/aromatic N) is 4. The van der Waals surface area contributed by atoms with Gasteiger partial charge in [0, 0.05) is 19.6 Å². The highest BCUT2D eigenvalue weighted by Gasteiger charge is 2.27. The third-order valence-electron chi connectivity index (χ3n) is 7.39. The van der Waals surface area contributed by atoms with Crippen LogP contribution in [0.1, 0.15) is 70.5 Å². The fourth-order valence-corrected chi connectivity index (χ4v) is 7.06. The van der Waals surface area contributed by atoms with Gasteiger partial charge in [0.15, 0.2) is 0 Å². The highest BCUT2D eigenvalue weighted by molar-refractivity contribution is 7.89. The number of fused-ring (bicyclic) bond motifs is 1. The number of imidazole rings is 1. The summed E-state index contributed by atoms with van der Waals surface area (Å²) in [7, 11) is -3.51. The molecule has 1 aromatic heterocycles. The summed E-state index contributed by atoms with van der Waals surface area (Å²) in [4.78, 5) is 19.0. The molecule has 8 nitrogen and oxygen atoms in total. The van der Waals surface area contributed by atoms with Crippen molar-refractivity contribution in [2.45, 2.75) is 82.7 Å². The topological polar surface area (TPSA) is 102 Å². The van der Waals surface area contributed by atoms with E-state index in [1.54, 1.807) is 16.4 Å². The molecule has 9 heteroatoms. The van der Waals surface area contributed by atoms with Crippen molar-refractivity contribution in [2.24, 2.45) is 11.7 Å². The lowest BCUT2D eigenvalue weighted by Crippen LogP contribution is -2.35. The predicted molar refractivity (Wildman–Crippen MR) is 134 cm³/mol. The van der Waals surface area contributed by atoms with E-state index in [1.165, 1.54) is 32.1 Å². The van der Waals surface area contributed by atoms with Gasteiger partial charge in [0.05, 0.1) is 29.0 Å². The van der Waals surface area contributed by atoms with E-state index in [0.29, 0.717) is 30.0 Å². The van der Waals surface area contributed by atoms with E-state index in [4.69, 9.17) is 10.7 Å². The Morgan fingerprint density at radius 1 is 1.12 bits per heavy atom. The van der Waals surface area contributed by atoms with E-state index < -0.39 is 10.0 Å². The molecule has 1 saturated heterocycles. The van der Waals surface area contributed by atoms with Gasteiger partial charge in [-0.2, -0.15) is 4.31 Å². The first-order valence-electron chi connectivity index (χ1n) is 12.9. The van der Waals surface area contributed by atoms with E-state index in [9.17, 15) is 13.2 Å². The van der Waals surface area contributed by atoms with Gasteiger partial charge in [-0.05, 0) is 56.8 Å². The summed E-state index contributed by atoms with van der Waals surface area (Å²) in [6.07, 6.45) is 10.4. The molecular weight excluding hydrogens is 450 g/mol. The maximum atomic E-state index is 13.2. The number of benzene rings is 1. The van der Waals surface area contributed by atoms with Crippen molar-refractivity contribution in [2.75, 3.05) is 26.2 Å². The first-order chi connectivity index (χ1) is 16.4. The van der Waals surface area contributed by atoms with Crippen LogP contribution in [0, 0.1) is 5.92 Å². The summed E-state index contributed by atoms with van der Waals surface area (Å²) in [6.45, 7) is 5.48. The van der Waals surface area contributed by atoms with Crippen LogP contribution in [-0.4, -0.2) is 59.3 Å². The first kappa shape index (κ1) is 25.1. The zero-order valence-corrected chi connectivity index (χ0v) is 21.2. The lowest BCUT2D eigenvalue weighted by Gasteiger charge is -2.26. The SMILES string of the molecule is CCn1c(CN(CCC2CCCCC2)CC(N)=O)nc2cc(S(=O)(=O)N3CCCCC3)ccc21. The van der Waals surface area contributed by atoms with Crippen LogP contribution in [0.2, 0.25) is 0 Å². The molecule has 1 aliphatic heterocycles. The summed E-state index contributed by atoms with van der Waals surface area (Å²) in [5.41, 5.74) is 7.16. The number of nitrogens with two attached hydrogens (primary N) is 1. The van der Waals surface area contributed by atoms with Gasteiger partial charge >= 0.3 is 0 Å². The summed E-state index contributed by atoms with van der Waals surface area (Å²) >= 11 is 0. The summed E-state index contributed by atoms with van der Waals surface area (Å²) in [6, 6.07) is 5.27. The molecule has 188 valence electrons. The molecule has 1 saturated carbocycles. The zero-order valence-electron chi connectivity index (χ0n) is 20.4. The molecular formula is C25H39N5O3S. The van der Waals surface area contributed by atoms with Crippen molar-refractivity contribution in [1.82, 2.24) is 18.8 Å². The number of piperidine rings is 1. The number of aryl methyl sites for hydroxylation is 1. The third-order valence-corrected chi connectivity index (χ3v) is 9.29. The van der Waals surface area contributed by atoms with E-state index in [0.717, 1.165) is 56.0 Å². The van der Waals surface area contributed by atoms with Gasteiger partial charge < -0.3 is 10.3 Å². The number of rotatable bonds is 10. The summed E-state index contributed by atoms with van der Waals surface area (Å²) in [5, 5.41) is 0. The Kier molecular flexibility index (Phi) is 8.26. The molecule has 1 aromatic carbocycles. The Morgan fingerprint density at radius 3 is 2.50 bits per heavy atom. The van der Waals surface area contributed by atoms with Gasteiger partial charge in [-0.25, -0.2) is 13.4 Å².